The first-order valence-electron chi connectivity index (χ1n) is 3.26. The summed E-state index contributed by atoms with van der Waals surface area (Å²) in [6.45, 7) is 3.81. The molecule has 0 fully saturated rings. The minimum absolute atomic E-state index is 0.0239. The van der Waals surface area contributed by atoms with Crippen molar-refractivity contribution in [2.75, 3.05) is 0 Å². The molecule has 3 nitrogen and oxygen atoms in total. The Morgan fingerprint density at radius 1 is 1.64 bits per heavy atom. The lowest BCUT2D eigenvalue weighted by molar-refractivity contribution is 0.111. The van der Waals surface area contributed by atoms with Crippen molar-refractivity contribution in [1.29, 1.82) is 0 Å². The molecule has 0 radical (unpaired) electrons. The molecular formula is C7H8ClNO2. The van der Waals surface area contributed by atoms with Gasteiger partial charge in [0.25, 0.3) is 5.35 Å². The molecule has 1 rings (SSSR count). The lowest BCUT2D eigenvalue weighted by Crippen LogP contribution is -1.90. The molecule has 60 valence electrons. The Kier molecular flexibility index (Phi) is 2.29. The molecule has 0 atom stereocenters. The maximum atomic E-state index is 10.4. The summed E-state index contributed by atoms with van der Waals surface area (Å²) < 4.78 is 4.99. The van der Waals surface area contributed by atoms with Crippen LogP contribution in [0.15, 0.2) is 4.42 Å². The van der Waals surface area contributed by atoms with Crippen molar-refractivity contribution in [1.82, 2.24) is 4.98 Å². The zero-order chi connectivity index (χ0) is 8.43. The Morgan fingerprint density at radius 3 is 2.64 bits per heavy atom. The minimum atomic E-state index is 0.0239. The fraction of sp³-hybridized carbons (Fsp3) is 0.429. The zero-order valence-electron chi connectivity index (χ0n) is 6.30. The van der Waals surface area contributed by atoms with Gasteiger partial charge in [0.1, 0.15) is 11.5 Å². The number of nitrogens with zero attached hydrogens (tertiary/aromatic N) is 1. The topological polar surface area (TPSA) is 43.1 Å². The summed E-state index contributed by atoms with van der Waals surface area (Å²) in [7, 11) is 0. The number of aromatic nitrogens is 1. The number of hydrogen-bond acceptors (Lipinski definition) is 3. The number of rotatable bonds is 2. The fourth-order valence-electron chi connectivity index (χ4n) is 0.814. The molecule has 0 spiro atoms. The smallest absolute Gasteiger partial charge is 0.292 e. The van der Waals surface area contributed by atoms with Gasteiger partial charge in [-0.3, -0.25) is 4.79 Å². The molecule has 1 aromatic heterocycles. The Balaban J connectivity index is 3.11. The average Bonchev–Trinajstić information content (AvgIpc) is 2.30. The normalized spacial score (nSPS) is 10.5. The summed E-state index contributed by atoms with van der Waals surface area (Å²) in [4.78, 5) is 14.0. The van der Waals surface area contributed by atoms with E-state index < -0.39 is 0 Å². The lowest BCUT2D eigenvalue weighted by Gasteiger charge is -1.96. The van der Waals surface area contributed by atoms with Crippen LogP contribution in [0, 0.1) is 0 Å². The van der Waals surface area contributed by atoms with Crippen LogP contribution in [0.25, 0.3) is 0 Å². The number of hydrogen-bond donors (Lipinski definition) is 0. The molecule has 0 aliphatic heterocycles. The SMILES string of the molecule is CC(C)c1oc(Cl)nc1C=O. The molecule has 1 aromatic rings. The van der Waals surface area contributed by atoms with E-state index in [2.05, 4.69) is 4.98 Å². The number of carbonyl (C=O) groups is 1. The molecule has 0 bridgehead atoms. The molecule has 4 heteroatoms. The van der Waals surface area contributed by atoms with Gasteiger partial charge in [-0.05, 0) is 11.6 Å². The van der Waals surface area contributed by atoms with Crippen molar-refractivity contribution in [3.63, 3.8) is 0 Å². The molecule has 0 saturated carbocycles. The summed E-state index contributed by atoms with van der Waals surface area (Å²) in [5, 5.41) is 0.0239. The first-order valence-corrected chi connectivity index (χ1v) is 3.64. The van der Waals surface area contributed by atoms with Gasteiger partial charge in [0.15, 0.2) is 6.29 Å². The first-order chi connectivity index (χ1) is 5.15. The van der Waals surface area contributed by atoms with Crippen molar-refractivity contribution < 1.29 is 9.21 Å². The van der Waals surface area contributed by atoms with Gasteiger partial charge >= 0.3 is 0 Å². The van der Waals surface area contributed by atoms with E-state index in [9.17, 15) is 4.79 Å². The third kappa shape index (κ3) is 1.60. The van der Waals surface area contributed by atoms with Crippen molar-refractivity contribution in [3.8, 4) is 0 Å². The van der Waals surface area contributed by atoms with Gasteiger partial charge in [-0.15, -0.1) is 0 Å². The quantitative estimate of drug-likeness (QED) is 0.645. The van der Waals surface area contributed by atoms with Crippen LogP contribution in [0.5, 0.6) is 0 Å². The van der Waals surface area contributed by atoms with Gasteiger partial charge in [0.05, 0.1) is 0 Å². The van der Waals surface area contributed by atoms with Crippen LogP contribution in [-0.4, -0.2) is 11.3 Å². The van der Waals surface area contributed by atoms with E-state index in [0.29, 0.717) is 17.7 Å². The summed E-state index contributed by atoms with van der Waals surface area (Å²) in [6.07, 6.45) is 0.644. The summed E-state index contributed by atoms with van der Waals surface area (Å²) in [5.41, 5.74) is 0.296. The van der Waals surface area contributed by atoms with E-state index in [1.54, 1.807) is 0 Å². The van der Waals surface area contributed by atoms with E-state index in [1.165, 1.54) is 0 Å². The molecule has 1 heterocycles. The molecule has 0 amide bonds. The second-order valence-corrected chi connectivity index (χ2v) is 2.81. The van der Waals surface area contributed by atoms with Crippen molar-refractivity contribution in [2.45, 2.75) is 19.8 Å². The maximum Gasteiger partial charge on any atom is 0.292 e. The van der Waals surface area contributed by atoms with Crippen LogP contribution in [0.2, 0.25) is 5.35 Å². The summed E-state index contributed by atoms with van der Waals surface area (Å²) >= 11 is 5.45. The highest BCUT2D eigenvalue weighted by Crippen LogP contribution is 2.21. The van der Waals surface area contributed by atoms with E-state index >= 15 is 0 Å². The van der Waals surface area contributed by atoms with E-state index in [1.807, 2.05) is 13.8 Å². The van der Waals surface area contributed by atoms with Crippen molar-refractivity contribution >= 4 is 17.9 Å². The van der Waals surface area contributed by atoms with Gasteiger partial charge in [0.2, 0.25) is 0 Å². The van der Waals surface area contributed by atoms with Gasteiger partial charge in [-0.2, -0.15) is 4.98 Å². The molecule has 0 aliphatic carbocycles. The van der Waals surface area contributed by atoms with Crippen LogP contribution in [-0.2, 0) is 0 Å². The highest BCUT2D eigenvalue weighted by Gasteiger charge is 2.13. The number of oxazole rings is 1. The maximum absolute atomic E-state index is 10.4. The molecule has 11 heavy (non-hydrogen) atoms. The second-order valence-electron chi connectivity index (χ2n) is 2.49. The standard InChI is InChI=1S/C7H8ClNO2/c1-4(2)6-5(3-10)9-7(8)11-6/h3-4H,1-2H3. The number of aldehydes is 1. The van der Waals surface area contributed by atoms with E-state index in [0.717, 1.165) is 0 Å². The number of carbonyl (C=O) groups excluding carboxylic acids is 1. The average molecular weight is 174 g/mol. The minimum Gasteiger partial charge on any atom is -0.432 e. The highest BCUT2D eigenvalue weighted by atomic mass is 35.5. The van der Waals surface area contributed by atoms with Gasteiger partial charge < -0.3 is 4.42 Å². The molecule has 0 N–H and O–H groups in total. The molecule has 0 aromatic carbocycles. The summed E-state index contributed by atoms with van der Waals surface area (Å²) in [5.74, 6) is 0.681. The Hall–Kier alpha value is -0.830. The molecule has 0 saturated heterocycles. The van der Waals surface area contributed by atoms with Crippen LogP contribution in [0.4, 0.5) is 0 Å². The zero-order valence-corrected chi connectivity index (χ0v) is 7.05. The van der Waals surface area contributed by atoms with Crippen LogP contribution < -0.4 is 0 Å². The van der Waals surface area contributed by atoms with Gasteiger partial charge in [-0.25, -0.2) is 0 Å². The van der Waals surface area contributed by atoms with Crippen LogP contribution >= 0.6 is 11.6 Å². The fourth-order valence-corrected chi connectivity index (χ4v) is 0.988. The van der Waals surface area contributed by atoms with E-state index in [-0.39, 0.29) is 11.3 Å². The van der Waals surface area contributed by atoms with E-state index in [4.69, 9.17) is 16.0 Å². The van der Waals surface area contributed by atoms with Gasteiger partial charge in [-0.1, -0.05) is 13.8 Å². The third-order valence-corrected chi connectivity index (χ3v) is 1.45. The lowest BCUT2D eigenvalue weighted by atomic mass is 10.1. The predicted octanol–water partition coefficient (Wildman–Crippen LogP) is 2.26. The number of halogens is 1. The molecule has 0 aliphatic rings. The predicted molar refractivity (Wildman–Crippen MR) is 41.0 cm³/mol. The van der Waals surface area contributed by atoms with Crippen LogP contribution in [0.3, 0.4) is 0 Å². The molecule has 0 unspecified atom stereocenters. The largest absolute Gasteiger partial charge is 0.432 e. The molecular weight excluding hydrogens is 166 g/mol. The van der Waals surface area contributed by atoms with Crippen molar-refractivity contribution in [3.05, 3.63) is 16.8 Å². The Labute approximate surface area is 69.4 Å². The Bertz CT molecular complexity index is 267. The summed E-state index contributed by atoms with van der Waals surface area (Å²) in [6, 6.07) is 0. The van der Waals surface area contributed by atoms with Crippen molar-refractivity contribution in [2.24, 2.45) is 0 Å². The van der Waals surface area contributed by atoms with Crippen LogP contribution in [0.1, 0.15) is 36.0 Å². The second kappa shape index (κ2) is 3.05. The van der Waals surface area contributed by atoms with Gasteiger partial charge in [0, 0.05) is 5.92 Å². The monoisotopic (exact) mass is 173 g/mol. The Morgan fingerprint density at radius 2 is 2.27 bits per heavy atom. The third-order valence-electron chi connectivity index (χ3n) is 1.29. The first kappa shape index (κ1) is 8.27. The highest BCUT2D eigenvalue weighted by molar-refractivity contribution is 6.27.